The second-order valence-corrected chi connectivity index (χ2v) is 5.09. The van der Waals surface area contributed by atoms with Gasteiger partial charge in [-0.1, -0.05) is 26.2 Å². The molecule has 1 fully saturated rings. The fraction of sp³-hybridized carbons (Fsp3) is 0.786. The van der Waals surface area contributed by atoms with Gasteiger partial charge in [0.15, 0.2) is 0 Å². The van der Waals surface area contributed by atoms with E-state index >= 15 is 0 Å². The van der Waals surface area contributed by atoms with Crippen molar-refractivity contribution in [1.29, 1.82) is 0 Å². The molecular weight excluding hydrogens is 254 g/mol. The maximum atomic E-state index is 5.67. The molecule has 1 aromatic rings. The maximum absolute atomic E-state index is 5.67. The predicted molar refractivity (Wildman–Crippen MR) is 80.5 cm³/mol. The molecule has 0 aromatic carbocycles. The van der Waals surface area contributed by atoms with Crippen LogP contribution in [0.1, 0.15) is 45.4 Å². The highest BCUT2D eigenvalue weighted by atomic mass is 16.5. The number of anilines is 2. The molecule has 6 heteroatoms. The summed E-state index contributed by atoms with van der Waals surface area (Å²) in [4.78, 5) is 15.3. The Bertz CT molecular complexity index is 407. The van der Waals surface area contributed by atoms with Gasteiger partial charge >= 0.3 is 6.01 Å². The molecule has 112 valence electrons. The molecule has 6 nitrogen and oxygen atoms in total. The van der Waals surface area contributed by atoms with E-state index in [0.29, 0.717) is 18.6 Å². The molecule has 1 N–H and O–H groups in total. The molecule has 0 unspecified atom stereocenters. The molecule has 1 aliphatic heterocycles. The monoisotopic (exact) mass is 279 g/mol. The van der Waals surface area contributed by atoms with Crippen molar-refractivity contribution in [3.63, 3.8) is 0 Å². The van der Waals surface area contributed by atoms with Gasteiger partial charge < -0.3 is 15.0 Å². The molecule has 1 saturated heterocycles. The van der Waals surface area contributed by atoms with Crippen molar-refractivity contribution in [2.75, 3.05) is 37.0 Å². The molecule has 0 spiro atoms. The molecule has 1 aliphatic rings. The molecule has 0 amide bonds. The number of rotatable bonds is 8. The third kappa shape index (κ3) is 4.21. The molecule has 0 saturated carbocycles. The van der Waals surface area contributed by atoms with Gasteiger partial charge in [-0.15, -0.1) is 0 Å². The van der Waals surface area contributed by atoms with Crippen LogP contribution in [0.2, 0.25) is 0 Å². The fourth-order valence-electron chi connectivity index (χ4n) is 2.27. The zero-order valence-corrected chi connectivity index (χ0v) is 12.6. The molecule has 1 aromatic heterocycles. The second-order valence-electron chi connectivity index (χ2n) is 5.09. The van der Waals surface area contributed by atoms with Crippen LogP contribution in [0.15, 0.2) is 0 Å². The summed E-state index contributed by atoms with van der Waals surface area (Å²) in [7, 11) is 1.81. The smallest absolute Gasteiger partial charge is 0.323 e. The molecule has 2 heterocycles. The molecule has 0 aliphatic carbocycles. The van der Waals surface area contributed by atoms with Crippen LogP contribution >= 0.6 is 0 Å². The maximum Gasteiger partial charge on any atom is 0.323 e. The number of unbranched alkanes of at least 4 members (excludes halogenated alkanes) is 3. The van der Waals surface area contributed by atoms with E-state index in [1.165, 1.54) is 32.1 Å². The van der Waals surface area contributed by atoms with Gasteiger partial charge in [-0.05, 0) is 19.3 Å². The first-order valence-corrected chi connectivity index (χ1v) is 7.65. The van der Waals surface area contributed by atoms with E-state index in [4.69, 9.17) is 4.74 Å². The summed E-state index contributed by atoms with van der Waals surface area (Å²) in [6.45, 7) is 4.91. The largest absolute Gasteiger partial charge is 0.463 e. The van der Waals surface area contributed by atoms with Crippen molar-refractivity contribution >= 4 is 11.9 Å². The molecule has 2 rings (SSSR count). The van der Waals surface area contributed by atoms with E-state index in [9.17, 15) is 0 Å². The summed E-state index contributed by atoms with van der Waals surface area (Å²) in [6.07, 6.45) is 7.13. The van der Waals surface area contributed by atoms with E-state index < -0.39 is 0 Å². The van der Waals surface area contributed by atoms with Gasteiger partial charge in [0.2, 0.25) is 11.9 Å². The normalized spacial score (nSPS) is 14.6. The van der Waals surface area contributed by atoms with Crippen molar-refractivity contribution < 1.29 is 4.74 Å². The average molecular weight is 279 g/mol. The Morgan fingerprint density at radius 1 is 1.10 bits per heavy atom. The van der Waals surface area contributed by atoms with E-state index in [1.807, 2.05) is 7.05 Å². The molecule has 0 bridgehead atoms. The van der Waals surface area contributed by atoms with Crippen molar-refractivity contribution in [3.05, 3.63) is 0 Å². The first kappa shape index (κ1) is 14.8. The average Bonchev–Trinajstić information content (AvgIpc) is 3.01. The molecular formula is C14H25N5O. The number of hydrogen-bond donors (Lipinski definition) is 1. The second kappa shape index (κ2) is 7.87. The van der Waals surface area contributed by atoms with Crippen molar-refractivity contribution in [2.45, 2.75) is 45.4 Å². The third-order valence-corrected chi connectivity index (χ3v) is 3.44. The lowest BCUT2D eigenvalue weighted by atomic mass is 10.2. The molecule has 0 atom stereocenters. The summed E-state index contributed by atoms with van der Waals surface area (Å²) < 4.78 is 5.67. The standard InChI is InChI=1S/C14H25N5O/c1-3-4-5-8-11-20-14-17-12(15-2)16-13(18-14)19-9-6-7-10-19/h3-11H2,1-2H3,(H,15,16,17,18). The summed E-state index contributed by atoms with van der Waals surface area (Å²) in [5, 5.41) is 2.97. The van der Waals surface area contributed by atoms with Crippen LogP contribution < -0.4 is 15.0 Å². The molecule has 0 radical (unpaired) electrons. The number of nitrogens with zero attached hydrogens (tertiary/aromatic N) is 4. The predicted octanol–water partition coefficient (Wildman–Crippen LogP) is 2.47. The number of hydrogen-bond acceptors (Lipinski definition) is 6. The minimum absolute atomic E-state index is 0.433. The van der Waals surface area contributed by atoms with Gasteiger partial charge in [-0.25, -0.2) is 0 Å². The van der Waals surface area contributed by atoms with Crippen LogP contribution in [0.25, 0.3) is 0 Å². The SMILES string of the molecule is CCCCCCOc1nc(NC)nc(N2CCCC2)n1. The fourth-order valence-corrected chi connectivity index (χ4v) is 2.27. The van der Waals surface area contributed by atoms with Crippen LogP contribution in [0.4, 0.5) is 11.9 Å². The van der Waals surface area contributed by atoms with Crippen molar-refractivity contribution in [3.8, 4) is 6.01 Å². The van der Waals surface area contributed by atoms with Crippen LogP contribution in [0.5, 0.6) is 6.01 Å². The number of nitrogens with one attached hydrogen (secondary N) is 1. The zero-order valence-electron chi connectivity index (χ0n) is 12.6. The van der Waals surface area contributed by atoms with Gasteiger partial charge in [0.05, 0.1) is 6.61 Å². The number of ether oxygens (including phenoxy) is 1. The summed E-state index contributed by atoms with van der Waals surface area (Å²) in [6, 6.07) is 0.433. The minimum Gasteiger partial charge on any atom is -0.463 e. The highest BCUT2D eigenvalue weighted by Gasteiger charge is 2.17. The van der Waals surface area contributed by atoms with Gasteiger partial charge in [0, 0.05) is 20.1 Å². The van der Waals surface area contributed by atoms with Gasteiger partial charge in [0.1, 0.15) is 0 Å². The Morgan fingerprint density at radius 2 is 1.90 bits per heavy atom. The summed E-state index contributed by atoms with van der Waals surface area (Å²) in [5.41, 5.74) is 0. The first-order valence-electron chi connectivity index (χ1n) is 7.65. The Hall–Kier alpha value is -1.59. The Balaban J connectivity index is 1.94. The summed E-state index contributed by atoms with van der Waals surface area (Å²) >= 11 is 0. The van der Waals surface area contributed by atoms with Crippen LogP contribution in [-0.2, 0) is 0 Å². The highest BCUT2D eigenvalue weighted by Crippen LogP contribution is 2.19. The van der Waals surface area contributed by atoms with Crippen LogP contribution in [0, 0.1) is 0 Å². The Labute approximate surface area is 121 Å². The highest BCUT2D eigenvalue weighted by molar-refractivity contribution is 5.38. The number of aromatic nitrogens is 3. The Kier molecular flexibility index (Phi) is 5.83. The quantitative estimate of drug-likeness (QED) is 0.738. The van der Waals surface area contributed by atoms with E-state index in [0.717, 1.165) is 25.5 Å². The van der Waals surface area contributed by atoms with Gasteiger partial charge in [0.25, 0.3) is 0 Å². The Morgan fingerprint density at radius 3 is 2.60 bits per heavy atom. The van der Waals surface area contributed by atoms with Gasteiger partial charge in [-0.2, -0.15) is 15.0 Å². The lowest BCUT2D eigenvalue weighted by molar-refractivity contribution is 0.281. The van der Waals surface area contributed by atoms with E-state index in [2.05, 4.69) is 32.1 Å². The van der Waals surface area contributed by atoms with Crippen molar-refractivity contribution in [2.24, 2.45) is 0 Å². The molecule has 20 heavy (non-hydrogen) atoms. The lowest BCUT2D eigenvalue weighted by Crippen LogP contribution is -2.21. The van der Waals surface area contributed by atoms with Crippen LogP contribution in [-0.4, -0.2) is 41.7 Å². The first-order chi connectivity index (χ1) is 9.83. The van der Waals surface area contributed by atoms with Gasteiger partial charge in [-0.3, -0.25) is 0 Å². The lowest BCUT2D eigenvalue weighted by Gasteiger charge is -2.16. The zero-order chi connectivity index (χ0) is 14.2. The summed E-state index contributed by atoms with van der Waals surface area (Å²) in [5.74, 6) is 1.30. The van der Waals surface area contributed by atoms with E-state index in [1.54, 1.807) is 0 Å². The van der Waals surface area contributed by atoms with E-state index in [-0.39, 0.29) is 0 Å². The topological polar surface area (TPSA) is 63.2 Å². The van der Waals surface area contributed by atoms with Crippen LogP contribution in [0.3, 0.4) is 0 Å². The third-order valence-electron chi connectivity index (χ3n) is 3.44. The van der Waals surface area contributed by atoms with Crippen molar-refractivity contribution in [1.82, 2.24) is 15.0 Å². The minimum atomic E-state index is 0.433.